The molecule has 4 N–H and O–H groups in total. The van der Waals surface area contributed by atoms with Crippen molar-refractivity contribution >= 4 is 22.5 Å². The van der Waals surface area contributed by atoms with E-state index in [1.165, 1.54) is 19.2 Å². The largest absolute Gasteiger partial charge is 0.399 e. The Morgan fingerprint density at radius 2 is 2.00 bits per heavy atom. The van der Waals surface area contributed by atoms with E-state index in [0.29, 0.717) is 11.9 Å². The average molecular weight is 279 g/mol. The van der Waals surface area contributed by atoms with Crippen LogP contribution in [0.1, 0.15) is 24.4 Å². The van der Waals surface area contributed by atoms with Crippen molar-refractivity contribution in [1.82, 2.24) is 14.5 Å². The minimum absolute atomic E-state index is 0.531. The molecule has 1 aliphatic carbocycles. The maximum Gasteiger partial charge on any atom is 0.146 e. The van der Waals surface area contributed by atoms with Gasteiger partial charge in [0.15, 0.2) is 0 Å². The molecule has 0 bridgehead atoms. The van der Waals surface area contributed by atoms with Crippen LogP contribution in [0.3, 0.4) is 0 Å². The van der Waals surface area contributed by atoms with E-state index in [4.69, 9.17) is 11.5 Å². The number of aromatic nitrogens is 3. The Bertz CT molecular complexity index is 845. The molecular formula is C16H17N5. The maximum atomic E-state index is 6.11. The molecule has 2 aromatic heterocycles. The number of benzene rings is 1. The summed E-state index contributed by atoms with van der Waals surface area (Å²) in [5.74, 6) is 0.531. The van der Waals surface area contributed by atoms with Crippen LogP contribution >= 0.6 is 0 Å². The topological polar surface area (TPSA) is 82.8 Å². The number of nitrogens with zero attached hydrogens (tertiary/aromatic N) is 3. The van der Waals surface area contributed by atoms with Crippen LogP contribution in [0.15, 0.2) is 30.7 Å². The van der Waals surface area contributed by atoms with E-state index in [1.54, 1.807) is 0 Å². The van der Waals surface area contributed by atoms with Gasteiger partial charge in [-0.1, -0.05) is 6.07 Å². The van der Waals surface area contributed by atoms with Crippen LogP contribution in [0, 0.1) is 6.92 Å². The smallest absolute Gasteiger partial charge is 0.146 e. The van der Waals surface area contributed by atoms with Crippen molar-refractivity contribution in [2.45, 2.75) is 25.8 Å². The van der Waals surface area contributed by atoms with Gasteiger partial charge in [0.1, 0.15) is 17.8 Å². The molecule has 1 fully saturated rings. The van der Waals surface area contributed by atoms with Gasteiger partial charge >= 0.3 is 0 Å². The number of hydrogen-bond acceptors (Lipinski definition) is 4. The zero-order chi connectivity index (χ0) is 14.6. The van der Waals surface area contributed by atoms with Gasteiger partial charge in [0.2, 0.25) is 0 Å². The number of aryl methyl sites for hydroxylation is 1. The Kier molecular flexibility index (Phi) is 2.45. The highest BCUT2D eigenvalue weighted by Crippen LogP contribution is 2.42. The zero-order valence-electron chi connectivity index (χ0n) is 11.9. The van der Waals surface area contributed by atoms with E-state index in [1.807, 2.05) is 19.1 Å². The fourth-order valence-electron chi connectivity index (χ4n) is 2.80. The second-order valence-electron chi connectivity index (χ2n) is 5.71. The lowest BCUT2D eigenvalue weighted by atomic mass is 10.0. The van der Waals surface area contributed by atoms with Crippen molar-refractivity contribution in [2.24, 2.45) is 0 Å². The number of nitrogens with two attached hydrogens (primary N) is 2. The molecule has 5 nitrogen and oxygen atoms in total. The Hall–Kier alpha value is -2.56. The first-order valence-corrected chi connectivity index (χ1v) is 7.12. The first kappa shape index (κ1) is 12.2. The van der Waals surface area contributed by atoms with E-state index in [9.17, 15) is 0 Å². The summed E-state index contributed by atoms with van der Waals surface area (Å²) in [5, 5.41) is 0.938. The molecule has 0 atom stereocenters. The van der Waals surface area contributed by atoms with E-state index in [0.717, 1.165) is 33.4 Å². The second kappa shape index (κ2) is 4.22. The van der Waals surface area contributed by atoms with E-state index >= 15 is 0 Å². The minimum Gasteiger partial charge on any atom is -0.399 e. The van der Waals surface area contributed by atoms with Crippen LogP contribution in [0.5, 0.6) is 0 Å². The summed E-state index contributed by atoms with van der Waals surface area (Å²) in [6.45, 7) is 2.01. The van der Waals surface area contributed by atoms with Crippen LogP contribution < -0.4 is 11.5 Å². The molecule has 3 aromatic rings. The summed E-state index contributed by atoms with van der Waals surface area (Å²) in [4.78, 5) is 8.59. The molecule has 2 heterocycles. The van der Waals surface area contributed by atoms with Crippen molar-refractivity contribution < 1.29 is 0 Å². The van der Waals surface area contributed by atoms with Crippen molar-refractivity contribution in [3.05, 3.63) is 36.3 Å². The summed E-state index contributed by atoms with van der Waals surface area (Å²) in [6.07, 6.45) is 6.09. The van der Waals surface area contributed by atoms with Crippen LogP contribution in [-0.2, 0) is 0 Å². The van der Waals surface area contributed by atoms with Crippen LogP contribution in [-0.4, -0.2) is 14.5 Å². The third kappa shape index (κ3) is 1.85. The number of hydrogen-bond donors (Lipinski definition) is 2. The molecule has 5 heteroatoms. The first-order chi connectivity index (χ1) is 10.1. The number of anilines is 2. The molecule has 0 aliphatic heterocycles. The van der Waals surface area contributed by atoms with Crippen molar-refractivity contribution in [3.63, 3.8) is 0 Å². The molecule has 0 amide bonds. The number of fused-ring (bicyclic) bond motifs is 1. The lowest BCUT2D eigenvalue weighted by Gasteiger charge is -2.04. The van der Waals surface area contributed by atoms with Crippen molar-refractivity contribution in [3.8, 4) is 11.1 Å². The molecule has 4 rings (SSSR count). The quantitative estimate of drug-likeness (QED) is 0.706. The summed E-state index contributed by atoms with van der Waals surface area (Å²) in [6, 6.07) is 6.60. The highest BCUT2D eigenvalue weighted by molar-refractivity contribution is 6.01. The molecule has 1 saturated carbocycles. The predicted octanol–water partition coefficient (Wildman–Crippen LogP) is 2.91. The molecule has 0 radical (unpaired) electrons. The normalized spacial score (nSPS) is 14.7. The summed E-state index contributed by atoms with van der Waals surface area (Å²) in [7, 11) is 0. The lowest BCUT2D eigenvalue weighted by molar-refractivity contribution is 0.766. The molecular weight excluding hydrogens is 262 g/mol. The highest BCUT2D eigenvalue weighted by Gasteiger charge is 2.27. The number of nitrogen functional groups attached to an aromatic ring is 2. The Labute approximate surface area is 122 Å². The molecule has 106 valence electrons. The number of rotatable bonds is 2. The fraction of sp³-hybridized carbons (Fsp3) is 0.250. The third-order valence-electron chi connectivity index (χ3n) is 4.16. The maximum absolute atomic E-state index is 6.11. The Morgan fingerprint density at radius 1 is 1.19 bits per heavy atom. The first-order valence-electron chi connectivity index (χ1n) is 7.12. The standard InChI is InChI=1S/C16H17N5/c1-9-6-10(2-5-13(9)17)12-7-21(11-3-4-11)16-14(12)15(18)19-8-20-16/h2,5-8,11H,3-4,17H2,1H3,(H2,18,19,20). The predicted molar refractivity (Wildman–Crippen MR) is 84.8 cm³/mol. The van der Waals surface area contributed by atoms with E-state index in [-0.39, 0.29) is 0 Å². The molecule has 0 unspecified atom stereocenters. The van der Waals surface area contributed by atoms with Gasteiger partial charge in [0, 0.05) is 23.5 Å². The Morgan fingerprint density at radius 3 is 2.71 bits per heavy atom. The van der Waals surface area contributed by atoms with E-state index < -0.39 is 0 Å². The molecule has 1 aromatic carbocycles. The van der Waals surface area contributed by atoms with Gasteiger partial charge in [-0.25, -0.2) is 9.97 Å². The van der Waals surface area contributed by atoms with E-state index in [2.05, 4.69) is 26.8 Å². The minimum atomic E-state index is 0.531. The monoisotopic (exact) mass is 279 g/mol. The van der Waals surface area contributed by atoms with Gasteiger partial charge in [-0.3, -0.25) is 0 Å². The van der Waals surface area contributed by atoms with Gasteiger partial charge < -0.3 is 16.0 Å². The second-order valence-corrected chi connectivity index (χ2v) is 5.71. The molecule has 1 aliphatic rings. The zero-order valence-corrected chi connectivity index (χ0v) is 11.9. The SMILES string of the molecule is Cc1cc(-c2cn(C3CC3)c3ncnc(N)c23)ccc1N. The fourth-order valence-corrected chi connectivity index (χ4v) is 2.80. The highest BCUT2D eigenvalue weighted by atomic mass is 15.1. The van der Waals surface area contributed by atoms with Gasteiger partial charge in [0.05, 0.1) is 5.39 Å². The van der Waals surface area contributed by atoms with Gasteiger partial charge in [-0.2, -0.15) is 0 Å². The molecule has 0 saturated heterocycles. The van der Waals surface area contributed by atoms with Crippen LogP contribution in [0.2, 0.25) is 0 Å². The summed E-state index contributed by atoms with van der Waals surface area (Å²) in [5.41, 5.74) is 17.0. The van der Waals surface area contributed by atoms with Gasteiger partial charge in [-0.05, 0) is 43.0 Å². The average Bonchev–Trinajstić information content (AvgIpc) is 3.23. The van der Waals surface area contributed by atoms with Crippen molar-refractivity contribution in [1.29, 1.82) is 0 Å². The van der Waals surface area contributed by atoms with Gasteiger partial charge in [-0.15, -0.1) is 0 Å². The molecule has 21 heavy (non-hydrogen) atoms. The van der Waals surface area contributed by atoms with Crippen molar-refractivity contribution in [2.75, 3.05) is 11.5 Å². The summed E-state index contributed by atoms with van der Waals surface area (Å²) >= 11 is 0. The Balaban J connectivity index is 2.01. The summed E-state index contributed by atoms with van der Waals surface area (Å²) < 4.78 is 2.23. The molecule has 0 spiro atoms. The third-order valence-corrected chi connectivity index (χ3v) is 4.16. The van der Waals surface area contributed by atoms with Crippen LogP contribution in [0.4, 0.5) is 11.5 Å². The van der Waals surface area contributed by atoms with Crippen LogP contribution in [0.25, 0.3) is 22.2 Å². The van der Waals surface area contributed by atoms with Gasteiger partial charge in [0.25, 0.3) is 0 Å². The lowest BCUT2D eigenvalue weighted by Crippen LogP contribution is -1.96.